The average molecular weight is 206 g/mol. The van der Waals surface area contributed by atoms with E-state index < -0.39 is 0 Å². The van der Waals surface area contributed by atoms with Gasteiger partial charge in [0.05, 0.1) is 12.4 Å². The molecular formula is C14H22O. The van der Waals surface area contributed by atoms with Gasteiger partial charge >= 0.3 is 0 Å². The van der Waals surface area contributed by atoms with Crippen molar-refractivity contribution in [1.29, 1.82) is 0 Å². The highest BCUT2D eigenvalue weighted by atomic mass is 16.5. The van der Waals surface area contributed by atoms with E-state index in [1.807, 2.05) is 0 Å². The van der Waals surface area contributed by atoms with E-state index in [1.54, 1.807) is 6.26 Å². The fraction of sp³-hybridized carbons (Fsp3) is 0.857. The summed E-state index contributed by atoms with van der Waals surface area (Å²) in [5, 5.41) is 0. The smallest absolute Gasteiger partial charge is 0.0983 e. The zero-order valence-corrected chi connectivity index (χ0v) is 9.69. The molecule has 0 radical (unpaired) electrons. The van der Waals surface area contributed by atoms with Gasteiger partial charge in [-0.05, 0) is 62.7 Å². The fourth-order valence-corrected chi connectivity index (χ4v) is 4.98. The minimum absolute atomic E-state index is 0.400. The van der Waals surface area contributed by atoms with Crippen LogP contribution in [0.2, 0.25) is 0 Å². The molecule has 84 valence electrons. The number of hydrogen-bond acceptors (Lipinski definition) is 1. The lowest BCUT2D eigenvalue weighted by Crippen LogP contribution is -2.48. The molecule has 4 saturated carbocycles. The summed E-state index contributed by atoms with van der Waals surface area (Å²) in [5.74, 6) is 4.91. The van der Waals surface area contributed by atoms with Gasteiger partial charge in [-0.25, -0.2) is 0 Å². The van der Waals surface area contributed by atoms with Crippen LogP contribution in [0.25, 0.3) is 0 Å². The van der Waals surface area contributed by atoms with Crippen LogP contribution in [-0.4, -0.2) is 6.10 Å². The summed E-state index contributed by atoms with van der Waals surface area (Å²) in [6.07, 6.45) is 9.53. The largest absolute Gasteiger partial charge is 0.499 e. The van der Waals surface area contributed by atoms with E-state index in [1.165, 1.54) is 32.1 Å². The molecule has 4 aliphatic rings. The molecule has 0 aromatic heterocycles. The van der Waals surface area contributed by atoms with Crippen molar-refractivity contribution in [2.24, 2.45) is 29.6 Å². The van der Waals surface area contributed by atoms with Gasteiger partial charge in [-0.2, -0.15) is 0 Å². The van der Waals surface area contributed by atoms with E-state index in [0.29, 0.717) is 6.10 Å². The highest BCUT2D eigenvalue weighted by molar-refractivity contribution is 4.99. The predicted molar refractivity (Wildman–Crippen MR) is 61.3 cm³/mol. The fourth-order valence-electron chi connectivity index (χ4n) is 4.98. The van der Waals surface area contributed by atoms with Gasteiger partial charge in [0.1, 0.15) is 0 Å². The normalized spacial score (nSPS) is 49.0. The Labute approximate surface area is 92.9 Å². The maximum Gasteiger partial charge on any atom is 0.0983 e. The van der Waals surface area contributed by atoms with E-state index in [9.17, 15) is 0 Å². The quantitative estimate of drug-likeness (QED) is 0.641. The maximum atomic E-state index is 5.63. The first-order chi connectivity index (χ1) is 7.28. The van der Waals surface area contributed by atoms with E-state index >= 15 is 0 Å². The Hall–Kier alpha value is -0.460. The van der Waals surface area contributed by atoms with Crippen molar-refractivity contribution in [2.45, 2.75) is 45.1 Å². The van der Waals surface area contributed by atoms with Crippen molar-refractivity contribution in [2.75, 3.05) is 0 Å². The summed E-state index contributed by atoms with van der Waals surface area (Å²) >= 11 is 0. The predicted octanol–water partition coefficient (Wildman–Crippen LogP) is 3.61. The van der Waals surface area contributed by atoms with Gasteiger partial charge in [-0.1, -0.05) is 6.58 Å². The maximum absolute atomic E-state index is 5.63. The monoisotopic (exact) mass is 206 g/mol. The lowest BCUT2D eigenvalue weighted by Gasteiger charge is -2.55. The van der Waals surface area contributed by atoms with Crippen molar-refractivity contribution >= 4 is 0 Å². The number of hydrogen-bond donors (Lipinski definition) is 0. The molecule has 4 fully saturated rings. The molecule has 0 N–H and O–H groups in total. The van der Waals surface area contributed by atoms with Crippen LogP contribution in [0.1, 0.15) is 39.0 Å². The summed E-state index contributed by atoms with van der Waals surface area (Å²) in [5.41, 5.74) is 0. The third-order valence-electron chi connectivity index (χ3n) is 5.15. The molecule has 15 heavy (non-hydrogen) atoms. The molecule has 0 aromatic carbocycles. The van der Waals surface area contributed by atoms with Gasteiger partial charge in [-0.15, -0.1) is 0 Å². The van der Waals surface area contributed by atoms with Gasteiger partial charge in [0.25, 0.3) is 0 Å². The van der Waals surface area contributed by atoms with Crippen LogP contribution >= 0.6 is 0 Å². The van der Waals surface area contributed by atoms with Crippen LogP contribution in [0.15, 0.2) is 12.8 Å². The van der Waals surface area contributed by atoms with Crippen LogP contribution in [0.5, 0.6) is 0 Å². The van der Waals surface area contributed by atoms with E-state index in [-0.39, 0.29) is 0 Å². The third kappa shape index (κ3) is 1.51. The summed E-state index contributed by atoms with van der Waals surface area (Å²) in [4.78, 5) is 0. The molecule has 0 saturated heterocycles. The Morgan fingerprint density at radius 3 is 2.07 bits per heavy atom. The minimum Gasteiger partial charge on any atom is -0.499 e. The Morgan fingerprint density at radius 2 is 1.60 bits per heavy atom. The second kappa shape index (κ2) is 3.54. The molecule has 0 aliphatic heterocycles. The summed E-state index contributed by atoms with van der Waals surface area (Å²) in [6.45, 7) is 5.94. The molecule has 4 bridgehead atoms. The first-order valence-corrected chi connectivity index (χ1v) is 6.54. The van der Waals surface area contributed by atoms with Crippen LogP contribution in [0, 0.1) is 29.6 Å². The first kappa shape index (κ1) is 9.74. The summed E-state index contributed by atoms with van der Waals surface area (Å²) in [7, 11) is 0. The van der Waals surface area contributed by atoms with Gasteiger partial charge < -0.3 is 4.74 Å². The third-order valence-corrected chi connectivity index (χ3v) is 5.15. The zero-order chi connectivity index (χ0) is 10.4. The van der Waals surface area contributed by atoms with Crippen LogP contribution in [-0.2, 0) is 4.74 Å². The Balaban J connectivity index is 1.76. The van der Waals surface area contributed by atoms with Gasteiger partial charge in [0.2, 0.25) is 0 Å². The second-order valence-electron chi connectivity index (χ2n) is 6.02. The van der Waals surface area contributed by atoms with Crippen molar-refractivity contribution in [3.05, 3.63) is 12.8 Å². The molecule has 0 aromatic rings. The Kier molecular flexibility index (Phi) is 2.30. The molecule has 1 atom stereocenters. The summed E-state index contributed by atoms with van der Waals surface area (Å²) in [6, 6.07) is 0. The van der Waals surface area contributed by atoms with E-state index in [0.717, 1.165) is 29.6 Å². The van der Waals surface area contributed by atoms with Gasteiger partial charge in [0, 0.05) is 5.92 Å². The molecule has 0 amide bonds. The van der Waals surface area contributed by atoms with Gasteiger partial charge in [-0.3, -0.25) is 0 Å². The Morgan fingerprint density at radius 1 is 1.07 bits per heavy atom. The van der Waals surface area contributed by atoms with Crippen LogP contribution in [0.3, 0.4) is 0 Å². The minimum atomic E-state index is 0.400. The topological polar surface area (TPSA) is 9.23 Å². The molecule has 1 nitrogen and oxygen atoms in total. The van der Waals surface area contributed by atoms with Crippen molar-refractivity contribution in [3.63, 3.8) is 0 Å². The summed E-state index contributed by atoms with van der Waals surface area (Å²) < 4.78 is 5.63. The van der Waals surface area contributed by atoms with Crippen LogP contribution in [0.4, 0.5) is 0 Å². The average Bonchev–Trinajstić information content (AvgIpc) is 2.15. The molecule has 1 unspecified atom stereocenters. The highest BCUT2D eigenvalue weighted by Crippen LogP contribution is 2.57. The lowest BCUT2D eigenvalue weighted by molar-refractivity contribution is -0.0868. The van der Waals surface area contributed by atoms with Crippen molar-refractivity contribution in [3.8, 4) is 0 Å². The standard InChI is InChI=1S/C14H22O/c1-3-15-9(2)14-12-5-10-4-11(7-12)8-13(14)6-10/h3,9-14H,1,4-8H2,2H3. The first-order valence-electron chi connectivity index (χ1n) is 6.54. The van der Waals surface area contributed by atoms with E-state index in [2.05, 4.69) is 13.5 Å². The number of ether oxygens (including phenoxy) is 1. The SMILES string of the molecule is C=COC(C)C1C2CC3CC(C2)CC1C3. The molecule has 0 spiro atoms. The molecular weight excluding hydrogens is 184 g/mol. The second-order valence-corrected chi connectivity index (χ2v) is 6.02. The van der Waals surface area contributed by atoms with Crippen molar-refractivity contribution < 1.29 is 4.74 Å². The Bertz CT molecular complexity index is 230. The van der Waals surface area contributed by atoms with Gasteiger partial charge in [0.15, 0.2) is 0 Å². The highest BCUT2D eigenvalue weighted by Gasteiger charge is 2.50. The lowest BCUT2D eigenvalue weighted by atomic mass is 9.51. The van der Waals surface area contributed by atoms with Crippen LogP contribution < -0.4 is 0 Å². The number of rotatable bonds is 3. The molecule has 1 heteroatoms. The zero-order valence-electron chi connectivity index (χ0n) is 9.69. The molecule has 0 heterocycles. The van der Waals surface area contributed by atoms with Crippen molar-refractivity contribution in [1.82, 2.24) is 0 Å². The molecule has 4 rings (SSSR count). The molecule has 4 aliphatic carbocycles. The van der Waals surface area contributed by atoms with E-state index in [4.69, 9.17) is 4.74 Å².